The van der Waals surface area contributed by atoms with Gasteiger partial charge in [0.2, 0.25) is 0 Å². The molecule has 90 valence electrons. The molecule has 0 spiro atoms. The summed E-state index contributed by atoms with van der Waals surface area (Å²) in [6.45, 7) is 8.33. The molecule has 0 saturated carbocycles. The predicted octanol–water partition coefficient (Wildman–Crippen LogP) is 2.53. The lowest BCUT2D eigenvalue weighted by Gasteiger charge is -2.19. The molecule has 16 heavy (non-hydrogen) atoms. The first-order chi connectivity index (χ1) is 7.45. The van der Waals surface area contributed by atoms with E-state index in [4.69, 9.17) is 10.5 Å². The van der Waals surface area contributed by atoms with Crippen LogP contribution in [0.3, 0.4) is 0 Å². The molecule has 1 rings (SSSR count). The van der Waals surface area contributed by atoms with Gasteiger partial charge in [0.15, 0.2) is 5.82 Å². The third-order valence-electron chi connectivity index (χ3n) is 2.49. The van der Waals surface area contributed by atoms with E-state index in [1.54, 1.807) is 7.11 Å². The summed E-state index contributed by atoms with van der Waals surface area (Å²) in [5, 5.41) is 0. The molecule has 4 nitrogen and oxygen atoms in total. The Balaban J connectivity index is 3.12. The van der Waals surface area contributed by atoms with Gasteiger partial charge in [-0.2, -0.15) is 0 Å². The van der Waals surface area contributed by atoms with E-state index in [-0.39, 0.29) is 6.10 Å². The monoisotopic (exact) mass is 223 g/mol. The van der Waals surface area contributed by atoms with Crippen molar-refractivity contribution in [3.05, 3.63) is 17.6 Å². The zero-order valence-corrected chi connectivity index (χ0v) is 10.7. The Hall–Kier alpha value is -1.16. The zero-order valence-electron chi connectivity index (χ0n) is 10.7. The topological polar surface area (TPSA) is 61.0 Å². The number of rotatable bonds is 4. The van der Waals surface area contributed by atoms with Crippen LogP contribution in [0.25, 0.3) is 0 Å². The van der Waals surface area contributed by atoms with Gasteiger partial charge in [-0.25, -0.2) is 9.97 Å². The molecule has 1 heterocycles. The van der Waals surface area contributed by atoms with Crippen molar-refractivity contribution in [2.24, 2.45) is 5.92 Å². The Morgan fingerprint density at radius 2 is 1.81 bits per heavy atom. The minimum Gasteiger partial charge on any atom is -0.384 e. The number of hydrogen-bond acceptors (Lipinski definition) is 4. The first-order valence-electron chi connectivity index (χ1n) is 5.62. The van der Waals surface area contributed by atoms with Crippen molar-refractivity contribution >= 4 is 5.82 Å². The van der Waals surface area contributed by atoms with Crippen LogP contribution in [0.4, 0.5) is 5.82 Å². The number of nitrogen functional groups attached to an aromatic ring is 1. The van der Waals surface area contributed by atoms with Gasteiger partial charge in [0.05, 0.1) is 0 Å². The summed E-state index contributed by atoms with van der Waals surface area (Å²) in [5.74, 6) is 1.86. The van der Waals surface area contributed by atoms with Crippen LogP contribution in [0.15, 0.2) is 6.07 Å². The average molecular weight is 223 g/mol. The highest BCUT2D eigenvalue weighted by Crippen LogP contribution is 2.24. The second kappa shape index (κ2) is 5.25. The van der Waals surface area contributed by atoms with Crippen LogP contribution in [-0.2, 0) is 4.74 Å². The summed E-state index contributed by atoms with van der Waals surface area (Å²) in [6.07, 6.45) is -0.0963. The standard InChI is InChI=1S/C12H21N3O/c1-7(2)9-6-10(13)15-12(14-9)11(16-5)8(3)4/h6-8,11H,1-5H3,(H2,13,14,15). The highest BCUT2D eigenvalue weighted by Gasteiger charge is 2.19. The van der Waals surface area contributed by atoms with Crippen molar-refractivity contribution in [1.29, 1.82) is 0 Å². The van der Waals surface area contributed by atoms with Crippen LogP contribution >= 0.6 is 0 Å². The molecule has 1 aromatic heterocycles. The predicted molar refractivity (Wildman–Crippen MR) is 65.1 cm³/mol. The molecule has 1 atom stereocenters. The fourth-order valence-corrected chi connectivity index (χ4v) is 1.60. The summed E-state index contributed by atoms with van der Waals surface area (Å²) in [7, 11) is 1.67. The molecule has 0 aliphatic rings. The summed E-state index contributed by atoms with van der Waals surface area (Å²) in [6, 6.07) is 1.82. The highest BCUT2D eigenvalue weighted by molar-refractivity contribution is 5.31. The molecule has 1 unspecified atom stereocenters. The molecule has 4 heteroatoms. The molecule has 0 amide bonds. The first kappa shape index (κ1) is 12.9. The molecular formula is C12H21N3O. The maximum Gasteiger partial charge on any atom is 0.159 e. The van der Waals surface area contributed by atoms with Gasteiger partial charge in [0.25, 0.3) is 0 Å². The van der Waals surface area contributed by atoms with Crippen LogP contribution in [0.5, 0.6) is 0 Å². The molecule has 0 radical (unpaired) electrons. The Kier molecular flexibility index (Phi) is 4.24. The SMILES string of the molecule is COC(c1nc(N)cc(C(C)C)n1)C(C)C. The molecule has 0 saturated heterocycles. The third-order valence-corrected chi connectivity index (χ3v) is 2.49. The average Bonchev–Trinajstić information content (AvgIpc) is 2.17. The quantitative estimate of drug-likeness (QED) is 0.852. The molecule has 0 aromatic carbocycles. The summed E-state index contributed by atoms with van der Waals surface area (Å²) < 4.78 is 5.41. The van der Waals surface area contributed by atoms with Crippen molar-refractivity contribution in [2.45, 2.75) is 39.7 Å². The lowest BCUT2D eigenvalue weighted by atomic mass is 10.1. The van der Waals surface area contributed by atoms with Gasteiger partial charge in [-0.3, -0.25) is 0 Å². The van der Waals surface area contributed by atoms with E-state index in [1.807, 2.05) is 6.07 Å². The van der Waals surface area contributed by atoms with Crippen molar-refractivity contribution in [1.82, 2.24) is 9.97 Å². The number of nitrogens with zero attached hydrogens (tertiary/aromatic N) is 2. The number of aromatic nitrogens is 2. The maximum absolute atomic E-state index is 5.78. The minimum absolute atomic E-state index is 0.0963. The van der Waals surface area contributed by atoms with E-state index in [1.165, 1.54) is 0 Å². The molecule has 2 N–H and O–H groups in total. The van der Waals surface area contributed by atoms with Gasteiger partial charge >= 0.3 is 0 Å². The Labute approximate surface area is 97.2 Å². The van der Waals surface area contributed by atoms with E-state index in [9.17, 15) is 0 Å². The van der Waals surface area contributed by atoms with E-state index >= 15 is 0 Å². The van der Waals surface area contributed by atoms with Crippen LogP contribution in [-0.4, -0.2) is 17.1 Å². The second-order valence-corrected chi connectivity index (χ2v) is 4.63. The number of nitrogens with two attached hydrogens (primary N) is 1. The van der Waals surface area contributed by atoms with E-state index in [0.717, 1.165) is 5.69 Å². The van der Waals surface area contributed by atoms with Gasteiger partial charge in [-0.15, -0.1) is 0 Å². The number of methoxy groups -OCH3 is 1. The third kappa shape index (κ3) is 2.92. The van der Waals surface area contributed by atoms with Crippen molar-refractivity contribution in [2.75, 3.05) is 12.8 Å². The van der Waals surface area contributed by atoms with Crippen LogP contribution in [0, 0.1) is 5.92 Å². The Morgan fingerprint density at radius 3 is 2.25 bits per heavy atom. The van der Waals surface area contributed by atoms with Crippen LogP contribution < -0.4 is 5.73 Å². The highest BCUT2D eigenvalue weighted by atomic mass is 16.5. The molecule has 1 aromatic rings. The number of anilines is 1. The fourth-order valence-electron chi connectivity index (χ4n) is 1.60. The van der Waals surface area contributed by atoms with Gasteiger partial charge in [-0.05, 0) is 11.8 Å². The van der Waals surface area contributed by atoms with Crippen molar-refractivity contribution in [3.8, 4) is 0 Å². The lowest BCUT2D eigenvalue weighted by molar-refractivity contribution is 0.0573. The summed E-state index contributed by atoms with van der Waals surface area (Å²) >= 11 is 0. The minimum atomic E-state index is -0.0963. The summed E-state index contributed by atoms with van der Waals surface area (Å²) in [4.78, 5) is 8.76. The van der Waals surface area contributed by atoms with Crippen LogP contribution in [0.2, 0.25) is 0 Å². The largest absolute Gasteiger partial charge is 0.384 e. The molecule has 0 fully saturated rings. The number of hydrogen-bond donors (Lipinski definition) is 1. The smallest absolute Gasteiger partial charge is 0.159 e. The molecule has 0 bridgehead atoms. The second-order valence-electron chi connectivity index (χ2n) is 4.63. The normalized spacial score (nSPS) is 13.4. The Morgan fingerprint density at radius 1 is 1.19 bits per heavy atom. The molecule has 0 aliphatic carbocycles. The van der Waals surface area contributed by atoms with Crippen molar-refractivity contribution < 1.29 is 4.74 Å². The van der Waals surface area contributed by atoms with Gasteiger partial charge in [0, 0.05) is 18.9 Å². The molecule has 0 aliphatic heterocycles. The number of ether oxygens (including phenoxy) is 1. The fraction of sp³-hybridized carbons (Fsp3) is 0.667. The first-order valence-corrected chi connectivity index (χ1v) is 5.62. The van der Waals surface area contributed by atoms with Gasteiger partial charge in [0.1, 0.15) is 11.9 Å². The Bertz CT molecular complexity index is 350. The maximum atomic E-state index is 5.78. The van der Waals surface area contributed by atoms with E-state index in [0.29, 0.717) is 23.5 Å². The van der Waals surface area contributed by atoms with Crippen molar-refractivity contribution in [3.63, 3.8) is 0 Å². The summed E-state index contributed by atoms with van der Waals surface area (Å²) in [5.41, 5.74) is 6.75. The van der Waals surface area contributed by atoms with Gasteiger partial charge < -0.3 is 10.5 Å². The lowest BCUT2D eigenvalue weighted by Crippen LogP contribution is -2.15. The molecular weight excluding hydrogens is 202 g/mol. The van der Waals surface area contributed by atoms with Crippen LogP contribution in [0.1, 0.15) is 51.2 Å². The van der Waals surface area contributed by atoms with E-state index in [2.05, 4.69) is 37.7 Å². The van der Waals surface area contributed by atoms with E-state index < -0.39 is 0 Å². The zero-order chi connectivity index (χ0) is 12.3. The van der Waals surface area contributed by atoms with Gasteiger partial charge in [-0.1, -0.05) is 27.7 Å².